The van der Waals surface area contributed by atoms with Crippen LogP contribution in [0.4, 0.5) is 0 Å². The van der Waals surface area contributed by atoms with Crippen molar-refractivity contribution in [1.82, 2.24) is 0 Å². The molecular weight excluding hydrogens is 204 g/mol. The Morgan fingerprint density at radius 2 is 1.62 bits per heavy atom. The standard InChI is InChI=1S/C13H20O3/c1-12(2,3)16-15-10-13(4,14)11-8-6-5-7-9-11/h5-9,14H,10H2,1-4H3. The van der Waals surface area contributed by atoms with E-state index >= 15 is 0 Å². The molecule has 16 heavy (non-hydrogen) atoms. The second kappa shape index (κ2) is 4.95. The van der Waals surface area contributed by atoms with Crippen LogP contribution in [0.15, 0.2) is 30.3 Å². The summed E-state index contributed by atoms with van der Waals surface area (Å²) in [6.07, 6.45) is 0. The Balaban J connectivity index is 2.53. The Kier molecular flexibility index (Phi) is 4.08. The largest absolute Gasteiger partial charge is 0.383 e. The van der Waals surface area contributed by atoms with Gasteiger partial charge < -0.3 is 5.11 Å². The molecule has 0 aliphatic heterocycles. The molecule has 1 unspecified atom stereocenters. The predicted molar refractivity (Wildman–Crippen MR) is 62.8 cm³/mol. The first kappa shape index (κ1) is 13.2. The van der Waals surface area contributed by atoms with Crippen LogP contribution in [-0.2, 0) is 15.4 Å². The van der Waals surface area contributed by atoms with E-state index in [0.29, 0.717) is 0 Å². The molecule has 1 rings (SSSR count). The van der Waals surface area contributed by atoms with Crippen molar-refractivity contribution in [2.24, 2.45) is 0 Å². The van der Waals surface area contributed by atoms with Crippen LogP contribution in [0.5, 0.6) is 0 Å². The third kappa shape index (κ3) is 4.31. The summed E-state index contributed by atoms with van der Waals surface area (Å²) in [6, 6.07) is 9.40. The average Bonchev–Trinajstić information content (AvgIpc) is 2.17. The van der Waals surface area contributed by atoms with Gasteiger partial charge in [0.05, 0.1) is 5.60 Å². The van der Waals surface area contributed by atoms with E-state index in [4.69, 9.17) is 9.78 Å². The topological polar surface area (TPSA) is 38.7 Å². The number of hydrogen-bond donors (Lipinski definition) is 1. The lowest BCUT2D eigenvalue weighted by Gasteiger charge is -2.25. The molecule has 0 spiro atoms. The molecule has 0 aliphatic carbocycles. The molecule has 3 heteroatoms. The Bertz CT molecular complexity index is 312. The quantitative estimate of drug-likeness (QED) is 0.631. The Labute approximate surface area is 96.9 Å². The predicted octanol–water partition coefficient (Wildman–Crippen LogP) is 2.64. The maximum atomic E-state index is 10.2. The van der Waals surface area contributed by atoms with Gasteiger partial charge in [0, 0.05) is 0 Å². The molecule has 1 aromatic rings. The summed E-state index contributed by atoms with van der Waals surface area (Å²) in [5, 5.41) is 10.2. The van der Waals surface area contributed by atoms with E-state index in [1.165, 1.54) is 0 Å². The van der Waals surface area contributed by atoms with Gasteiger partial charge in [-0.1, -0.05) is 30.3 Å². The van der Waals surface area contributed by atoms with Crippen LogP contribution in [0.2, 0.25) is 0 Å². The van der Waals surface area contributed by atoms with Crippen molar-refractivity contribution in [3.63, 3.8) is 0 Å². The molecule has 0 aromatic heterocycles. The zero-order valence-electron chi connectivity index (χ0n) is 10.4. The number of hydrogen-bond acceptors (Lipinski definition) is 3. The molecule has 0 amide bonds. The molecule has 0 saturated heterocycles. The average molecular weight is 224 g/mol. The monoisotopic (exact) mass is 224 g/mol. The zero-order valence-corrected chi connectivity index (χ0v) is 10.4. The zero-order chi connectivity index (χ0) is 12.2. The molecule has 0 radical (unpaired) electrons. The minimum atomic E-state index is -1.04. The molecule has 0 heterocycles. The summed E-state index contributed by atoms with van der Waals surface area (Å²) in [4.78, 5) is 10.2. The molecule has 0 aliphatic rings. The smallest absolute Gasteiger partial charge is 0.115 e. The summed E-state index contributed by atoms with van der Waals surface area (Å²) in [5.74, 6) is 0. The summed E-state index contributed by atoms with van der Waals surface area (Å²) < 4.78 is 0. The highest BCUT2D eigenvalue weighted by Crippen LogP contribution is 2.21. The van der Waals surface area contributed by atoms with Gasteiger partial charge in [0.25, 0.3) is 0 Å². The van der Waals surface area contributed by atoms with Gasteiger partial charge in [0.15, 0.2) is 0 Å². The van der Waals surface area contributed by atoms with Crippen molar-refractivity contribution >= 4 is 0 Å². The molecule has 1 atom stereocenters. The van der Waals surface area contributed by atoms with E-state index in [1.54, 1.807) is 6.92 Å². The molecule has 0 fully saturated rings. The molecule has 0 bridgehead atoms. The van der Waals surface area contributed by atoms with E-state index in [2.05, 4.69) is 0 Å². The van der Waals surface area contributed by atoms with E-state index in [-0.39, 0.29) is 12.2 Å². The first-order valence-electron chi connectivity index (χ1n) is 5.40. The Hall–Kier alpha value is -0.900. The Morgan fingerprint density at radius 1 is 1.06 bits per heavy atom. The molecule has 0 saturated carbocycles. The highest BCUT2D eigenvalue weighted by Gasteiger charge is 2.24. The summed E-state index contributed by atoms with van der Waals surface area (Å²) in [5.41, 5.74) is -0.591. The lowest BCUT2D eigenvalue weighted by atomic mass is 9.97. The summed E-state index contributed by atoms with van der Waals surface area (Å²) in [6.45, 7) is 7.49. The van der Waals surface area contributed by atoms with Gasteiger partial charge in [-0.2, -0.15) is 0 Å². The second-order valence-electron chi connectivity index (χ2n) is 5.10. The van der Waals surface area contributed by atoms with E-state index in [9.17, 15) is 5.11 Å². The fourth-order valence-corrected chi connectivity index (χ4v) is 1.20. The number of rotatable bonds is 4. The minimum absolute atomic E-state index is 0.105. The van der Waals surface area contributed by atoms with Gasteiger partial charge >= 0.3 is 0 Å². The van der Waals surface area contributed by atoms with Crippen LogP contribution in [0, 0.1) is 0 Å². The lowest BCUT2D eigenvalue weighted by Crippen LogP contribution is -2.30. The van der Waals surface area contributed by atoms with E-state index < -0.39 is 5.60 Å². The molecular formula is C13H20O3. The maximum Gasteiger partial charge on any atom is 0.115 e. The minimum Gasteiger partial charge on any atom is -0.383 e. The van der Waals surface area contributed by atoms with E-state index in [1.807, 2.05) is 51.1 Å². The normalized spacial score (nSPS) is 15.8. The molecule has 90 valence electrons. The number of benzene rings is 1. The fraction of sp³-hybridized carbons (Fsp3) is 0.538. The van der Waals surface area contributed by atoms with Crippen LogP contribution in [0.1, 0.15) is 33.3 Å². The number of aliphatic hydroxyl groups is 1. The van der Waals surface area contributed by atoms with Crippen molar-refractivity contribution in [2.45, 2.75) is 38.9 Å². The van der Waals surface area contributed by atoms with Gasteiger partial charge in [0.2, 0.25) is 0 Å². The second-order valence-corrected chi connectivity index (χ2v) is 5.10. The van der Waals surface area contributed by atoms with Gasteiger partial charge in [0.1, 0.15) is 12.2 Å². The molecule has 3 nitrogen and oxygen atoms in total. The first-order valence-corrected chi connectivity index (χ1v) is 5.40. The third-order valence-corrected chi connectivity index (χ3v) is 2.04. The van der Waals surface area contributed by atoms with Crippen molar-refractivity contribution in [3.8, 4) is 0 Å². The van der Waals surface area contributed by atoms with Gasteiger partial charge in [-0.15, -0.1) is 0 Å². The molecule has 1 N–H and O–H groups in total. The van der Waals surface area contributed by atoms with Crippen LogP contribution in [-0.4, -0.2) is 17.3 Å². The van der Waals surface area contributed by atoms with Gasteiger partial charge in [-0.25, -0.2) is 9.78 Å². The van der Waals surface area contributed by atoms with Crippen LogP contribution in [0.3, 0.4) is 0 Å². The van der Waals surface area contributed by atoms with Crippen molar-refractivity contribution in [1.29, 1.82) is 0 Å². The SMILES string of the molecule is CC(C)(C)OOCC(C)(O)c1ccccc1. The lowest BCUT2D eigenvalue weighted by molar-refractivity contribution is -0.364. The van der Waals surface area contributed by atoms with Crippen molar-refractivity contribution in [2.75, 3.05) is 6.61 Å². The van der Waals surface area contributed by atoms with Gasteiger partial charge in [-0.05, 0) is 33.3 Å². The van der Waals surface area contributed by atoms with Crippen LogP contribution < -0.4 is 0 Å². The van der Waals surface area contributed by atoms with Crippen molar-refractivity contribution in [3.05, 3.63) is 35.9 Å². The highest BCUT2D eigenvalue weighted by atomic mass is 17.2. The highest BCUT2D eigenvalue weighted by molar-refractivity contribution is 5.21. The fourth-order valence-electron chi connectivity index (χ4n) is 1.20. The first-order chi connectivity index (χ1) is 7.31. The summed E-state index contributed by atoms with van der Waals surface area (Å²) >= 11 is 0. The molecule has 1 aromatic carbocycles. The van der Waals surface area contributed by atoms with Crippen molar-refractivity contribution < 1.29 is 14.9 Å². The van der Waals surface area contributed by atoms with E-state index in [0.717, 1.165) is 5.56 Å². The van der Waals surface area contributed by atoms with Crippen LogP contribution >= 0.6 is 0 Å². The summed E-state index contributed by atoms with van der Waals surface area (Å²) in [7, 11) is 0. The third-order valence-electron chi connectivity index (χ3n) is 2.04. The van der Waals surface area contributed by atoms with Crippen LogP contribution in [0.25, 0.3) is 0 Å². The Morgan fingerprint density at radius 3 is 2.12 bits per heavy atom. The van der Waals surface area contributed by atoms with Gasteiger partial charge in [-0.3, -0.25) is 0 Å². The maximum absolute atomic E-state index is 10.2.